The van der Waals surface area contributed by atoms with Gasteiger partial charge < -0.3 is 14.8 Å². The maximum atomic E-state index is 14.1. The lowest BCUT2D eigenvalue weighted by atomic mass is 10.1. The average Bonchev–Trinajstić information content (AvgIpc) is 3.15. The molecule has 0 bridgehead atoms. The normalized spacial score (nSPS) is 11.1. The second kappa shape index (κ2) is 11.6. The summed E-state index contributed by atoms with van der Waals surface area (Å²) in [7, 11) is 1.62. The van der Waals surface area contributed by atoms with E-state index in [9.17, 15) is 9.18 Å². The maximum Gasteiger partial charge on any atom is 0.248 e. The fourth-order valence-corrected chi connectivity index (χ4v) is 4.05. The first-order chi connectivity index (χ1) is 17.9. The molecule has 4 aromatic rings. The van der Waals surface area contributed by atoms with Gasteiger partial charge in [-0.1, -0.05) is 42.5 Å². The third kappa shape index (κ3) is 6.25. The summed E-state index contributed by atoms with van der Waals surface area (Å²) in [5.41, 5.74) is 5.33. The van der Waals surface area contributed by atoms with Gasteiger partial charge in [-0.2, -0.15) is 5.10 Å². The van der Waals surface area contributed by atoms with Crippen molar-refractivity contribution in [2.24, 2.45) is 0 Å². The molecule has 0 aliphatic rings. The Hall–Kier alpha value is -4.39. The van der Waals surface area contributed by atoms with Gasteiger partial charge in [-0.25, -0.2) is 4.39 Å². The fraction of sp³-hybridized carbons (Fsp3) is 0.200. The van der Waals surface area contributed by atoms with Gasteiger partial charge in [-0.15, -0.1) is 0 Å². The first kappa shape index (κ1) is 25.7. The van der Waals surface area contributed by atoms with Crippen LogP contribution < -0.4 is 14.8 Å². The van der Waals surface area contributed by atoms with Crippen LogP contribution in [0.25, 0.3) is 6.08 Å². The number of amides is 1. The van der Waals surface area contributed by atoms with E-state index in [4.69, 9.17) is 9.47 Å². The van der Waals surface area contributed by atoms with E-state index in [0.29, 0.717) is 29.3 Å². The number of hydrogen-bond donors (Lipinski definition) is 1. The number of carbonyl (C=O) groups is 1. The lowest BCUT2D eigenvalue weighted by Crippen LogP contribution is -2.10. The van der Waals surface area contributed by atoms with Crippen molar-refractivity contribution in [2.45, 2.75) is 33.9 Å². The summed E-state index contributed by atoms with van der Waals surface area (Å²) in [6, 6.07) is 20.1. The smallest absolute Gasteiger partial charge is 0.248 e. The molecule has 1 N–H and O–H groups in total. The molecular formula is C30H30FN3O3. The minimum Gasteiger partial charge on any atom is -0.496 e. The van der Waals surface area contributed by atoms with Crippen LogP contribution in [0.15, 0.2) is 72.8 Å². The Morgan fingerprint density at radius 1 is 1.00 bits per heavy atom. The molecule has 0 aliphatic heterocycles. The monoisotopic (exact) mass is 499 g/mol. The SMILES string of the molecule is COc1ccc(/C=C/C(=O)Nc2c(C)nn(Cc3ccccc3F)c2C)cc1COc1ccccc1C. The van der Waals surface area contributed by atoms with Crippen molar-refractivity contribution < 1.29 is 18.7 Å². The zero-order chi connectivity index (χ0) is 26.4. The number of benzene rings is 3. The largest absolute Gasteiger partial charge is 0.496 e. The molecule has 0 radical (unpaired) electrons. The van der Waals surface area contributed by atoms with Crippen LogP contribution in [0.2, 0.25) is 0 Å². The highest BCUT2D eigenvalue weighted by Gasteiger charge is 2.14. The lowest BCUT2D eigenvalue weighted by Gasteiger charge is -2.12. The Labute approximate surface area is 216 Å². The van der Waals surface area contributed by atoms with Crippen LogP contribution in [0, 0.1) is 26.6 Å². The van der Waals surface area contributed by atoms with E-state index < -0.39 is 0 Å². The zero-order valence-electron chi connectivity index (χ0n) is 21.4. The zero-order valence-corrected chi connectivity index (χ0v) is 21.4. The summed E-state index contributed by atoms with van der Waals surface area (Å²) in [5, 5.41) is 7.39. The Kier molecular flexibility index (Phi) is 8.03. The quantitative estimate of drug-likeness (QED) is 0.277. The second-order valence-electron chi connectivity index (χ2n) is 8.74. The van der Waals surface area contributed by atoms with E-state index in [-0.39, 0.29) is 18.3 Å². The van der Waals surface area contributed by atoms with Gasteiger partial charge in [0.05, 0.1) is 30.7 Å². The van der Waals surface area contributed by atoms with Crippen molar-refractivity contribution >= 4 is 17.7 Å². The molecule has 0 atom stereocenters. The second-order valence-corrected chi connectivity index (χ2v) is 8.74. The van der Waals surface area contributed by atoms with Crippen molar-refractivity contribution in [1.82, 2.24) is 9.78 Å². The van der Waals surface area contributed by atoms with Crippen molar-refractivity contribution in [1.29, 1.82) is 0 Å². The van der Waals surface area contributed by atoms with Gasteiger partial charge in [0.25, 0.3) is 0 Å². The Bertz CT molecular complexity index is 1440. The Balaban J connectivity index is 1.45. The number of ether oxygens (including phenoxy) is 2. The van der Waals surface area contributed by atoms with Crippen LogP contribution in [0.1, 0.15) is 33.6 Å². The molecule has 0 saturated carbocycles. The van der Waals surface area contributed by atoms with E-state index in [2.05, 4.69) is 10.4 Å². The number of nitrogens with one attached hydrogen (secondary N) is 1. The summed E-state index contributed by atoms with van der Waals surface area (Å²) >= 11 is 0. The van der Waals surface area contributed by atoms with Gasteiger partial charge in [0.15, 0.2) is 0 Å². The molecule has 0 spiro atoms. The molecular weight excluding hydrogens is 469 g/mol. The van der Waals surface area contributed by atoms with Gasteiger partial charge in [0, 0.05) is 17.2 Å². The molecule has 1 amide bonds. The highest BCUT2D eigenvalue weighted by atomic mass is 19.1. The Morgan fingerprint density at radius 3 is 2.51 bits per heavy atom. The predicted octanol–water partition coefficient (Wildman–Crippen LogP) is 6.24. The summed E-state index contributed by atoms with van der Waals surface area (Å²) in [4.78, 5) is 12.7. The fourth-order valence-electron chi connectivity index (χ4n) is 4.05. The molecule has 0 fully saturated rings. The number of aromatic nitrogens is 2. The van der Waals surface area contributed by atoms with Crippen LogP contribution in [-0.4, -0.2) is 22.8 Å². The van der Waals surface area contributed by atoms with Crippen LogP contribution in [0.5, 0.6) is 11.5 Å². The standard InChI is InChI=1S/C30H30FN3O3/c1-20-9-5-8-12-27(20)37-19-25-17-23(13-15-28(25)36-4)14-16-29(35)32-30-21(2)33-34(22(30)3)18-24-10-6-7-11-26(24)31/h5-17H,18-19H2,1-4H3,(H,32,35)/b16-14+. The summed E-state index contributed by atoms with van der Waals surface area (Å²) in [5.74, 6) is 0.951. The minimum absolute atomic E-state index is 0.282. The lowest BCUT2D eigenvalue weighted by molar-refractivity contribution is -0.111. The van der Waals surface area contributed by atoms with Gasteiger partial charge >= 0.3 is 0 Å². The molecule has 6 nitrogen and oxygen atoms in total. The number of nitrogens with zero attached hydrogens (tertiary/aromatic N) is 2. The van der Waals surface area contributed by atoms with Gasteiger partial charge in [0.2, 0.25) is 5.91 Å². The topological polar surface area (TPSA) is 65.4 Å². The molecule has 1 aromatic heterocycles. The Morgan fingerprint density at radius 2 is 1.76 bits per heavy atom. The van der Waals surface area contributed by atoms with E-state index in [1.165, 1.54) is 12.1 Å². The molecule has 190 valence electrons. The number of anilines is 1. The van der Waals surface area contributed by atoms with Crippen LogP contribution in [-0.2, 0) is 17.9 Å². The number of rotatable bonds is 9. The molecule has 3 aromatic carbocycles. The first-order valence-corrected chi connectivity index (χ1v) is 12.0. The number of halogens is 1. The van der Waals surface area contributed by atoms with Crippen LogP contribution in [0.4, 0.5) is 10.1 Å². The number of methoxy groups -OCH3 is 1. The van der Waals surface area contributed by atoms with E-state index >= 15 is 0 Å². The van der Waals surface area contributed by atoms with Gasteiger partial charge in [-0.05, 0) is 62.2 Å². The third-order valence-corrected chi connectivity index (χ3v) is 6.12. The molecule has 37 heavy (non-hydrogen) atoms. The highest BCUT2D eigenvalue weighted by molar-refractivity contribution is 6.02. The van der Waals surface area contributed by atoms with E-state index in [0.717, 1.165) is 28.1 Å². The molecule has 4 rings (SSSR count). The van der Waals surface area contributed by atoms with E-state index in [1.54, 1.807) is 36.1 Å². The van der Waals surface area contributed by atoms with Crippen LogP contribution >= 0.6 is 0 Å². The summed E-state index contributed by atoms with van der Waals surface area (Å²) in [6.07, 6.45) is 3.21. The maximum absolute atomic E-state index is 14.1. The van der Waals surface area contributed by atoms with Crippen molar-refractivity contribution in [3.8, 4) is 11.5 Å². The van der Waals surface area contributed by atoms with Crippen molar-refractivity contribution in [2.75, 3.05) is 12.4 Å². The van der Waals surface area contributed by atoms with E-state index in [1.807, 2.05) is 63.2 Å². The predicted molar refractivity (Wildman–Crippen MR) is 143 cm³/mol. The average molecular weight is 500 g/mol. The van der Waals surface area contributed by atoms with Crippen molar-refractivity contribution in [3.63, 3.8) is 0 Å². The number of hydrogen-bond acceptors (Lipinski definition) is 4. The molecule has 1 heterocycles. The van der Waals surface area contributed by atoms with Gasteiger partial charge in [-0.3, -0.25) is 9.48 Å². The third-order valence-electron chi connectivity index (χ3n) is 6.12. The number of aryl methyl sites for hydroxylation is 2. The van der Waals surface area contributed by atoms with Gasteiger partial charge in [0.1, 0.15) is 23.9 Å². The molecule has 0 aliphatic carbocycles. The van der Waals surface area contributed by atoms with Crippen molar-refractivity contribution in [3.05, 3.63) is 112 Å². The molecule has 7 heteroatoms. The first-order valence-electron chi connectivity index (χ1n) is 12.0. The van der Waals surface area contributed by atoms with Crippen LogP contribution in [0.3, 0.4) is 0 Å². The minimum atomic E-state index is -0.287. The molecule has 0 saturated heterocycles. The highest BCUT2D eigenvalue weighted by Crippen LogP contribution is 2.25. The summed E-state index contributed by atoms with van der Waals surface area (Å²) in [6.45, 7) is 6.28. The number of carbonyl (C=O) groups excluding carboxylic acids is 1. The number of para-hydroxylation sites is 1. The summed E-state index contributed by atoms with van der Waals surface area (Å²) < 4.78 is 27.2. The molecule has 0 unspecified atom stereocenters.